The molecular formula is C12H20N4O. The Labute approximate surface area is 102 Å². The smallest absolute Gasteiger partial charge is 0.224 e. The molecule has 0 aliphatic carbocycles. The Morgan fingerprint density at radius 3 is 3.12 bits per heavy atom. The summed E-state index contributed by atoms with van der Waals surface area (Å²) in [6.07, 6.45) is 3.55. The molecule has 2 atom stereocenters. The Morgan fingerprint density at radius 2 is 2.53 bits per heavy atom. The third-order valence-corrected chi connectivity index (χ3v) is 3.46. The van der Waals surface area contributed by atoms with Gasteiger partial charge in [0, 0.05) is 37.9 Å². The normalized spacial score (nSPS) is 23.9. The van der Waals surface area contributed by atoms with Crippen molar-refractivity contribution in [3.05, 3.63) is 18.0 Å². The molecule has 0 aromatic carbocycles. The van der Waals surface area contributed by atoms with Crippen molar-refractivity contribution in [2.24, 2.45) is 13.0 Å². The first kappa shape index (κ1) is 12.1. The summed E-state index contributed by atoms with van der Waals surface area (Å²) in [5.41, 5.74) is 1.14. The van der Waals surface area contributed by atoms with Crippen LogP contribution in [-0.4, -0.2) is 34.8 Å². The van der Waals surface area contributed by atoms with Gasteiger partial charge in [-0.1, -0.05) is 0 Å². The predicted molar refractivity (Wildman–Crippen MR) is 65.5 cm³/mol. The molecule has 0 spiro atoms. The first-order valence-corrected chi connectivity index (χ1v) is 6.16. The number of carbonyl (C=O) groups excluding carboxylic acids is 1. The molecule has 2 unspecified atom stereocenters. The van der Waals surface area contributed by atoms with E-state index in [-0.39, 0.29) is 11.8 Å². The van der Waals surface area contributed by atoms with Crippen LogP contribution in [0.4, 0.5) is 0 Å². The van der Waals surface area contributed by atoms with Crippen molar-refractivity contribution in [1.82, 2.24) is 20.4 Å². The van der Waals surface area contributed by atoms with Crippen molar-refractivity contribution in [1.29, 1.82) is 0 Å². The standard InChI is InChI=1S/C12H20N4O/c1-9-11(5-7-13-9)12(17)14-6-3-10-4-8-15-16(10)2/h4,8-9,11,13H,3,5-7H2,1-2H3,(H,14,17). The highest BCUT2D eigenvalue weighted by Gasteiger charge is 2.28. The number of aryl methyl sites for hydroxylation is 1. The molecule has 1 aromatic rings. The number of amides is 1. The van der Waals surface area contributed by atoms with Gasteiger partial charge >= 0.3 is 0 Å². The SMILES string of the molecule is CC1NCCC1C(=O)NCCc1ccnn1C. The summed E-state index contributed by atoms with van der Waals surface area (Å²) in [7, 11) is 1.92. The number of aromatic nitrogens is 2. The van der Waals surface area contributed by atoms with Crippen molar-refractivity contribution in [2.45, 2.75) is 25.8 Å². The molecule has 2 N–H and O–H groups in total. The Kier molecular flexibility index (Phi) is 3.78. The van der Waals surface area contributed by atoms with Crippen LogP contribution in [0.25, 0.3) is 0 Å². The van der Waals surface area contributed by atoms with Gasteiger partial charge in [-0.25, -0.2) is 0 Å². The van der Waals surface area contributed by atoms with Crippen LogP contribution in [-0.2, 0) is 18.3 Å². The van der Waals surface area contributed by atoms with Crippen LogP contribution in [0.15, 0.2) is 12.3 Å². The lowest BCUT2D eigenvalue weighted by Crippen LogP contribution is -2.37. The Bertz CT molecular complexity index is 388. The van der Waals surface area contributed by atoms with Crippen molar-refractivity contribution in [2.75, 3.05) is 13.1 Å². The minimum Gasteiger partial charge on any atom is -0.355 e. The lowest BCUT2D eigenvalue weighted by atomic mass is 10.0. The molecule has 0 saturated carbocycles. The summed E-state index contributed by atoms with van der Waals surface area (Å²) in [6.45, 7) is 3.70. The maximum atomic E-state index is 11.9. The Morgan fingerprint density at radius 1 is 1.71 bits per heavy atom. The van der Waals surface area contributed by atoms with E-state index >= 15 is 0 Å². The van der Waals surface area contributed by atoms with E-state index in [2.05, 4.69) is 22.7 Å². The fraction of sp³-hybridized carbons (Fsp3) is 0.667. The lowest BCUT2D eigenvalue weighted by molar-refractivity contribution is -0.125. The molecule has 5 heteroatoms. The largest absolute Gasteiger partial charge is 0.355 e. The zero-order valence-corrected chi connectivity index (χ0v) is 10.4. The van der Waals surface area contributed by atoms with E-state index in [0.717, 1.165) is 25.1 Å². The molecular weight excluding hydrogens is 216 g/mol. The number of nitrogens with zero attached hydrogens (tertiary/aromatic N) is 2. The molecule has 2 rings (SSSR count). The third-order valence-electron chi connectivity index (χ3n) is 3.46. The molecule has 2 heterocycles. The lowest BCUT2D eigenvalue weighted by Gasteiger charge is -2.14. The van der Waals surface area contributed by atoms with Crippen LogP contribution in [0.1, 0.15) is 19.0 Å². The summed E-state index contributed by atoms with van der Waals surface area (Å²) >= 11 is 0. The van der Waals surface area contributed by atoms with E-state index in [4.69, 9.17) is 0 Å². The van der Waals surface area contributed by atoms with E-state index < -0.39 is 0 Å². The molecule has 1 amide bonds. The maximum absolute atomic E-state index is 11.9. The summed E-state index contributed by atoms with van der Waals surface area (Å²) < 4.78 is 1.84. The molecule has 1 aliphatic rings. The number of nitrogens with one attached hydrogen (secondary N) is 2. The number of rotatable bonds is 4. The van der Waals surface area contributed by atoms with Crippen molar-refractivity contribution >= 4 is 5.91 Å². The molecule has 5 nitrogen and oxygen atoms in total. The van der Waals surface area contributed by atoms with Crippen LogP contribution in [0.2, 0.25) is 0 Å². The molecule has 1 aliphatic heterocycles. The molecule has 1 aromatic heterocycles. The van der Waals surface area contributed by atoms with Crippen molar-refractivity contribution in [3.8, 4) is 0 Å². The van der Waals surface area contributed by atoms with Gasteiger partial charge in [-0.3, -0.25) is 9.48 Å². The van der Waals surface area contributed by atoms with Crippen molar-refractivity contribution in [3.63, 3.8) is 0 Å². The van der Waals surface area contributed by atoms with E-state index in [1.807, 2.05) is 17.8 Å². The summed E-state index contributed by atoms with van der Waals surface area (Å²) in [4.78, 5) is 11.9. The molecule has 1 fully saturated rings. The number of carbonyl (C=O) groups is 1. The van der Waals surface area contributed by atoms with Crippen LogP contribution in [0, 0.1) is 5.92 Å². The van der Waals surface area contributed by atoms with E-state index in [1.165, 1.54) is 0 Å². The highest BCUT2D eigenvalue weighted by atomic mass is 16.1. The molecule has 0 radical (unpaired) electrons. The van der Waals surface area contributed by atoms with Crippen molar-refractivity contribution < 1.29 is 4.79 Å². The summed E-state index contributed by atoms with van der Waals surface area (Å²) in [6, 6.07) is 2.28. The highest BCUT2D eigenvalue weighted by molar-refractivity contribution is 5.79. The summed E-state index contributed by atoms with van der Waals surface area (Å²) in [5.74, 6) is 0.297. The van der Waals surface area contributed by atoms with Gasteiger partial charge in [-0.2, -0.15) is 5.10 Å². The third kappa shape index (κ3) is 2.85. The second kappa shape index (κ2) is 5.31. The minimum atomic E-state index is 0.126. The number of hydrogen-bond acceptors (Lipinski definition) is 3. The molecule has 17 heavy (non-hydrogen) atoms. The molecule has 0 bridgehead atoms. The van der Waals surface area contributed by atoms with Gasteiger partial charge in [0.1, 0.15) is 0 Å². The van der Waals surface area contributed by atoms with Crippen LogP contribution >= 0.6 is 0 Å². The first-order valence-electron chi connectivity index (χ1n) is 6.16. The van der Waals surface area contributed by atoms with E-state index in [9.17, 15) is 4.79 Å². The quantitative estimate of drug-likeness (QED) is 0.778. The number of hydrogen-bond donors (Lipinski definition) is 2. The van der Waals surface area contributed by atoms with Crippen LogP contribution in [0.5, 0.6) is 0 Å². The monoisotopic (exact) mass is 236 g/mol. The zero-order chi connectivity index (χ0) is 12.3. The maximum Gasteiger partial charge on any atom is 0.224 e. The van der Waals surface area contributed by atoms with Crippen LogP contribution in [0.3, 0.4) is 0 Å². The van der Waals surface area contributed by atoms with Gasteiger partial charge in [0.05, 0.1) is 5.92 Å². The highest BCUT2D eigenvalue weighted by Crippen LogP contribution is 2.14. The Hall–Kier alpha value is -1.36. The topological polar surface area (TPSA) is 59.0 Å². The zero-order valence-electron chi connectivity index (χ0n) is 10.4. The van der Waals surface area contributed by atoms with Gasteiger partial charge in [-0.05, 0) is 26.0 Å². The molecule has 1 saturated heterocycles. The average Bonchev–Trinajstić information content (AvgIpc) is 2.88. The van der Waals surface area contributed by atoms with Gasteiger partial charge in [0.15, 0.2) is 0 Å². The second-order valence-corrected chi connectivity index (χ2v) is 4.63. The van der Waals surface area contributed by atoms with Gasteiger partial charge in [-0.15, -0.1) is 0 Å². The minimum absolute atomic E-state index is 0.126. The van der Waals surface area contributed by atoms with E-state index in [1.54, 1.807) is 6.20 Å². The fourth-order valence-corrected chi connectivity index (χ4v) is 2.31. The predicted octanol–water partition coefficient (Wildman–Crippen LogP) is 0.0768. The fourth-order valence-electron chi connectivity index (χ4n) is 2.31. The second-order valence-electron chi connectivity index (χ2n) is 4.63. The van der Waals surface area contributed by atoms with Gasteiger partial charge in [0.2, 0.25) is 5.91 Å². The van der Waals surface area contributed by atoms with Gasteiger partial charge < -0.3 is 10.6 Å². The van der Waals surface area contributed by atoms with E-state index in [0.29, 0.717) is 12.6 Å². The summed E-state index contributed by atoms with van der Waals surface area (Å²) in [5, 5.41) is 10.4. The van der Waals surface area contributed by atoms with Gasteiger partial charge in [0.25, 0.3) is 0 Å². The van der Waals surface area contributed by atoms with Crippen LogP contribution < -0.4 is 10.6 Å². The average molecular weight is 236 g/mol. The first-order chi connectivity index (χ1) is 8.18. The Balaban J connectivity index is 1.75. The molecule has 94 valence electrons.